The third kappa shape index (κ3) is 2.89. The molecule has 1 heterocycles. The average Bonchev–Trinajstić information content (AvgIpc) is 2.76. The molecule has 1 aromatic heterocycles. The second kappa shape index (κ2) is 6.05. The van der Waals surface area contributed by atoms with Gasteiger partial charge in [-0.2, -0.15) is 5.26 Å². The van der Waals surface area contributed by atoms with Crippen molar-refractivity contribution in [1.29, 1.82) is 5.26 Å². The third-order valence-corrected chi connectivity index (χ3v) is 3.21. The van der Waals surface area contributed by atoms with Crippen molar-refractivity contribution < 1.29 is 4.74 Å². The second-order valence-electron chi connectivity index (χ2n) is 4.35. The van der Waals surface area contributed by atoms with Gasteiger partial charge in [0.2, 0.25) is 0 Å². The highest BCUT2D eigenvalue weighted by Crippen LogP contribution is 2.20. The molecule has 2 rings (SSSR count). The van der Waals surface area contributed by atoms with Crippen molar-refractivity contribution in [1.82, 2.24) is 9.55 Å². The lowest BCUT2D eigenvalue weighted by molar-refractivity contribution is 0.0643. The van der Waals surface area contributed by atoms with Gasteiger partial charge in [-0.25, -0.2) is 4.98 Å². The van der Waals surface area contributed by atoms with E-state index in [0.717, 1.165) is 16.9 Å². The summed E-state index contributed by atoms with van der Waals surface area (Å²) in [6.07, 6.45) is 0.0788. The molecule has 1 unspecified atom stereocenters. The fourth-order valence-electron chi connectivity index (χ4n) is 2.14. The number of imidazole rings is 1. The van der Waals surface area contributed by atoms with Crippen molar-refractivity contribution >= 4 is 22.6 Å². The van der Waals surface area contributed by atoms with E-state index in [0.29, 0.717) is 24.6 Å². The zero-order chi connectivity index (χ0) is 13.8. The highest BCUT2D eigenvalue weighted by atomic mass is 35.5. The van der Waals surface area contributed by atoms with Gasteiger partial charge in [0, 0.05) is 6.61 Å². The summed E-state index contributed by atoms with van der Waals surface area (Å²) in [5.41, 5.74) is 2.42. The highest BCUT2D eigenvalue weighted by Gasteiger charge is 2.13. The Bertz CT molecular complexity index is 615. The van der Waals surface area contributed by atoms with E-state index in [9.17, 15) is 0 Å². The van der Waals surface area contributed by atoms with Crippen molar-refractivity contribution in [2.24, 2.45) is 0 Å². The third-order valence-electron chi connectivity index (χ3n) is 2.97. The van der Waals surface area contributed by atoms with Crippen LogP contribution in [-0.4, -0.2) is 22.3 Å². The van der Waals surface area contributed by atoms with Gasteiger partial charge in [0.1, 0.15) is 5.82 Å². The van der Waals surface area contributed by atoms with Crippen LogP contribution in [-0.2, 0) is 17.2 Å². The van der Waals surface area contributed by atoms with Crippen LogP contribution in [0, 0.1) is 11.3 Å². The fraction of sp³-hybridized carbons (Fsp3) is 0.429. The van der Waals surface area contributed by atoms with E-state index >= 15 is 0 Å². The Labute approximate surface area is 117 Å². The average molecular weight is 278 g/mol. The number of aromatic nitrogens is 2. The molecule has 0 saturated carbocycles. The van der Waals surface area contributed by atoms with Crippen LogP contribution in [0.25, 0.3) is 11.0 Å². The number of rotatable bonds is 5. The van der Waals surface area contributed by atoms with E-state index in [1.807, 2.05) is 30.5 Å². The summed E-state index contributed by atoms with van der Waals surface area (Å²) in [4.78, 5) is 4.49. The zero-order valence-corrected chi connectivity index (χ0v) is 11.8. The van der Waals surface area contributed by atoms with Gasteiger partial charge in [0.15, 0.2) is 0 Å². The molecule has 0 saturated heterocycles. The van der Waals surface area contributed by atoms with E-state index in [4.69, 9.17) is 21.6 Å². The van der Waals surface area contributed by atoms with Crippen molar-refractivity contribution in [2.45, 2.75) is 32.4 Å². The molecule has 0 spiro atoms. The van der Waals surface area contributed by atoms with E-state index in [-0.39, 0.29) is 6.10 Å². The minimum Gasteiger partial charge on any atom is -0.377 e. The van der Waals surface area contributed by atoms with Crippen molar-refractivity contribution in [3.05, 3.63) is 29.6 Å². The summed E-state index contributed by atoms with van der Waals surface area (Å²) in [5.74, 6) is 1.15. The minimum atomic E-state index is 0.0788. The first-order valence-electron chi connectivity index (χ1n) is 6.26. The van der Waals surface area contributed by atoms with Crippen molar-refractivity contribution in [2.75, 3.05) is 6.61 Å². The number of hydrogen-bond acceptors (Lipinski definition) is 3. The number of nitriles is 1. The molecule has 0 amide bonds. The maximum atomic E-state index is 8.99. The SMILES string of the molecule is CCOC(C)Cn1c(CCl)nc2ccc(C#N)cc21. The lowest BCUT2D eigenvalue weighted by Crippen LogP contribution is -2.17. The number of fused-ring (bicyclic) bond motifs is 1. The summed E-state index contributed by atoms with van der Waals surface area (Å²) in [5, 5.41) is 8.99. The van der Waals surface area contributed by atoms with Gasteiger partial charge >= 0.3 is 0 Å². The van der Waals surface area contributed by atoms with Gasteiger partial charge in [0.05, 0.1) is 41.2 Å². The maximum Gasteiger partial charge on any atom is 0.124 e. The lowest BCUT2D eigenvalue weighted by atomic mass is 10.2. The number of halogens is 1. The van der Waals surface area contributed by atoms with Crippen molar-refractivity contribution in [3.63, 3.8) is 0 Å². The second-order valence-corrected chi connectivity index (χ2v) is 4.62. The molecule has 0 aliphatic rings. The molecule has 5 heteroatoms. The number of benzene rings is 1. The van der Waals surface area contributed by atoms with E-state index in [1.54, 1.807) is 6.07 Å². The maximum absolute atomic E-state index is 8.99. The van der Waals surface area contributed by atoms with Crippen LogP contribution < -0.4 is 0 Å². The van der Waals surface area contributed by atoms with E-state index in [2.05, 4.69) is 11.1 Å². The van der Waals surface area contributed by atoms with Crippen LogP contribution in [0.15, 0.2) is 18.2 Å². The lowest BCUT2D eigenvalue weighted by Gasteiger charge is -2.14. The molecule has 0 fully saturated rings. The number of hydrogen-bond donors (Lipinski definition) is 0. The molecule has 100 valence electrons. The molecule has 4 nitrogen and oxygen atoms in total. The normalized spacial score (nSPS) is 12.5. The summed E-state index contributed by atoms with van der Waals surface area (Å²) in [7, 11) is 0. The van der Waals surface area contributed by atoms with Gasteiger partial charge < -0.3 is 9.30 Å². The standard InChI is InChI=1S/C14H16ClN3O/c1-3-19-10(2)9-18-13-6-11(8-16)4-5-12(13)17-14(18)7-15/h4-6,10H,3,7,9H2,1-2H3. The predicted octanol–water partition coefficient (Wildman–Crippen LogP) is 3.07. The number of alkyl halides is 1. The molecule has 0 radical (unpaired) electrons. The molecule has 0 aliphatic heterocycles. The Balaban J connectivity index is 2.46. The highest BCUT2D eigenvalue weighted by molar-refractivity contribution is 6.16. The summed E-state index contributed by atoms with van der Waals surface area (Å²) in [6.45, 7) is 5.34. The van der Waals surface area contributed by atoms with Crippen LogP contribution in [0.1, 0.15) is 25.2 Å². The van der Waals surface area contributed by atoms with Gasteiger partial charge in [0.25, 0.3) is 0 Å². The minimum absolute atomic E-state index is 0.0788. The Morgan fingerprint density at radius 3 is 2.95 bits per heavy atom. The van der Waals surface area contributed by atoms with Gasteiger partial charge in [-0.3, -0.25) is 0 Å². The molecule has 0 N–H and O–H groups in total. The Morgan fingerprint density at radius 2 is 2.32 bits per heavy atom. The van der Waals surface area contributed by atoms with Gasteiger partial charge in [-0.05, 0) is 32.0 Å². The summed E-state index contributed by atoms with van der Waals surface area (Å²) in [6, 6.07) is 7.61. The largest absolute Gasteiger partial charge is 0.377 e. The molecule has 2 aromatic rings. The topological polar surface area (TPSA) is 50.8 Å². The van der Waals surface area contributed by atoms with Gasteiger partial charge in [-0.15, -0.1) is 11.6 Å². The van der Waals surface area contributed by atoms with E-state index < -0.39 is 0 Å². The van der Waals surface area contributed by atoms with Crippen molar-refractivity contribution in [3.8, 4) is 6.07 Å². The predicted molar refractivity (Wildman–Crippen MR) is 75.1 cm³/mol. The molecule has 19 heavy (non-hydrogen) atoms. The number of nitrogens with zero attached hydrogens (tertiary/aromatic N) is 3. The molecular weight excluding hydrogens is 262 g/mol. The van der Waals surface area contributed by atoms with Crippen LogP contribution in [0.3, 0.4) is 0 Å². The first-order valence-corrected chi connectivity index (χ1v) is 6.79. The van der Waals surface area contributed by atoms with Crippen LogP contribution in [0.2, 0.25) is 0 Å². The molecule has 0 aliphatic carbocycles. The van der Waals surface area contributed by atoms with Crippen LogP contribution in [0.4, 0.5) is 0 Å². The Kier molecular flexibility index (Phi) is 4.41. The van der Waals surface area contributed by atoms with Gasteiger partial charge in [-0.1, -0.05) is 0 Å². The first kappa shape index (κ1) is 13.9. The number of ether oxygens (including phenoxy) is 1. The monoisotopic (exact) mass is 277 g/mol. The first-order chi connectivity index (χ1) is 9.19. The smallest absolute Gasteiger partial charge is 0.124 e. The summed E-state index contributed by atoms with van der Waals surface area (Å²) < 4.78 is 7.59. The molecule has 1 aromatic carbocycles. The zero-order valence-electron chi connectivity index (χ0n) is 11.1. The van der Waals surface area contributed by atoms with E-state index in [1.165, 1.54) is 0 Å². The Hall–Kier alpha value is -1.57. The van der Waals surface area contributed by atoms with Crippen LogP contribution >= 0.6 is 11.6 Å². The molecule has 1 atom stereocenters. The Morgan fingerprint density at radius 1 is 1.53 bits per heavy atom. The quantitative estimate of drug-likeness (QED) is 0.789. The fourth-order valence-corrected chi connectivity index (χ4v) is 2.35. The van der Waals surface area contributed by atoms with Crippen LogP contribution in [0.5, 0.6) is 0 Å². The summed E-state index contributed by atoms with van der Waals surface area (Å²) >= 11 is 5.95. The molecule has 0 bridgehead atoms. The molecular formula is C14H16ClN3O.